The van der Waals surface area contributed by atoms with Crippen molar-refractivity contribution in [3.8, 4) is 23.2 Å². The van der Waals surface area contributed by atoms with Crippen LogP contribution in [0.15, 0.2) is 76.5 Å². The van der Waals surface area contributed by atoms with Gasteiger partial charge in [-0.1, -0.05) is 23.4 Å². The minimum absolute atomic E-state index is 0.500. The normalized spacial score (nSPS) is 10.7. The molecule has 0 spiro atoms. The van der Waals surface area contributed by atoms with Crippen LogP contribution in [0.4, 0.5) is 0 Å². The fourth-order valence-electron chi connectivity index (χ4n) is 2.83. The van der Waals surface area contributed by atoms with Crippen LogP contribution in [0.1, 0.15) is 11.3 Å². The molecule has 0 N–H and O–H groups in total. The van der Waals surface area contributed by atoms with Gasteiger partial charge in [-0.15, -0.1) is 10.2 Å². The summed E-state index contributed by atoms with van der Waals surface area (Å²) in [5.41, 5.74) is 1.54. The molecule has 8 heteroatoms. The molecular weight excluding hydrogens is 420 g/mol. The summed E-state index contributed by atoms with van der Waals surface area (Å²) < 4.78 is 13.3. The number of nitrogens with zero attached hydrogens (tertiary/aromatic N) is 4. The molecule has 2 aromatic heterocycles. The van der Waals surface area contributed by atoms with Gasteiger partial charge in [0.05, 0.1) is 31.0 Å². The highest BCUT2D eigenvalue weighted by Gasteiger charge is 2.16. The van der Waals surface area contributed by atoms with E-state index in [1.54, 1.807) is 42.3 Å². The second kappa shape index (κ2) is 9.53. The molecule has 2 aromatic carbocycles. The van der Waals surface area contributed by atoms with Crippen LogP contribution in [0, 0.1) is 11.3 Å². The van der Waals surface area contributed by atoms with Gasteiger partial charge in [-0.25, -0.2) is 0 Å². The number of benzene rings is 2. The molecule has 0 fully saturated rings. The summed E-state index contributed by atoms with van der Waals surface area (Å²) in [6.07, 6.45) is 1.65. The largest absolute Gasteiger partial charge is 0.493 e. The summed E-state index contributed by atoms with van der Waals surface area (Å²) in [4.78, 5) is 0. The quantitative estimate of drug-likeness (QED) is 0.276. The van der Waals surface area contributed by atoms with Crippen LogP contribution in [-0.4, -0.2) is 27.1 Å². The zero-order valence-corrected chi connectivity index (χ0v) is 17.4. The second-order valence-electron chi connectivity index (χ2n) is 6.31. The Morgan fingerprint density at radius 1 is 1.07 bits per heavy atom. The van der Waals surface area contributed by atoms with Gasteiger partial charge in [0.2, 0.25) is 0 Å². The number of halogens is 1. The lowest BCUT2D eigenvalue weighted by molar-refractivity contribution is 0.344. The number of nitriles is 1. The van der Waals surface area contributed by atoms with Crippen LogP contribution >= 0.6 is 23.4 Å². The zero-order valence-electron chi connectivity index (χ0n) is 15.9. The van der Waals surface area contributed by atoms with Gasteiger partial charge in [0.25, 0.3) is 0 Å². The first-order valence-corrected chi connectivity index (χ1v) is 10.6. The molecule has 0 aliphatic carbocycles. The predicted molar refractivity (Wildman–Crippen MR) is 116 cm³/mol. The third-order valence-electron chi connectivity index (χ3n) is 4.28. The van der Waals surface area contributed by atoms with E-state index in [0.29, 0.717) is 29.5 Å². The summed E-state index contributed by atoms with van der Waals surface area (Å²) in [6, 6.07) is 20.5. The van der Waals surface area contributed by atoms with E-state index >= 15 is 0 Å². The van der Waals surface area contributed by atoms with E-state index in [9.17, 15) is 0 Å². The van der Waals surface area contributed by atoms with Crippen LogP contribution in [-0.2, 0) is 6.54 Å². The molecule has 0 atom stereocenters. The molecule has 4 aromatic rings. The van der Waals surface area contributed by atoms with E-state index in [1.165, 1.54) is 0 Å². The SMILES string of the molecule is N#Cc1ccc(OCCSc2nnc(-c3ccc(Cl)cc3)n2Cc2ccco2)cc1. The van der Waals surface area contributed by atoms with Gasteiger partial charge in [-0.05, 0) is 60.7 Å². The summed E-state index contributed by atoms with van der Waals surface area (Å²) in [6.45, 7) is 1.03. The number of rotatable bonds is 8. The van der Waals surface area contributed by atoms with Gasteiger partial charge in [0.15, 0.2) is 11.0 Å². The number of ether oxygens (including phenoxy) is 1. The molecule has 2 heterocycles. The zero-order chi connectivity index (χ0) is 20.8. The molecule has 30 heavy (non-hydrogen) atoms. The maximum Gasteiger partial charge on any atom is 0.192 e. The first-order valence-electron chi connectivity index (χ1n) is 9.20. The fourth-order valence-corrected chi connectivity index (χ4v) is 3.71. The Bertz CT molecular complexity index is 1130. The smallest absolute Gasteiger partial charge is 0.192 e. The summed E-state index contributed by atoms with van der Waals surface area (Å²) >= 11 is 7.58. The number of aromatic nitrogens is 3. The molecule has 0 radical (unpaired) electrons. The standard InChI is InChI=1S/C22H17ClN4O2S/c23-18-7-5-17(6-8-18)21-25-26-22(27(21)15-20-2-1-11-28-20)30-13-12-29-19-9-3-16(14-24)4-10-19/h1-11H,12-13,15H2. The average Bonchev–Trinajstić information content (AvgIpc) is 3.43. The van der Waals surface area contributed by atoms with Gasteiger partial charge >= 0.3 is 0 Å². The second-order valence-corrected chi connectivity index (χ2v) is 7.81. The maximum atomic E-state index is 8.86. The Balaban J connectivity index is 1.46. The monoisotopic (exact) mass is 436 g/mol. The predicted octanol–water partition coefficient (Wildman–Crippen LogP) is 5.28. The molecule has 6 nitrogen and oxygen atoms in total. The average molecular weight is 437 g/mol. The molecule has 0 bridgehead atoms. The highest BCUT2D eigenvalue weighted by Crippen LogP contribution is 2.26. The van der Waals surface area contributed by atoms with Crippen molar-refractivity contribution < 1.29 is 9.15 Å². The molecule has 0 saturated carbocycles. The third-order valence-corrected chi connectivity index (χ3v) is 5.46. The third kappa shape index (κ3) is 4.85. The topological polar surface area (TPSA) is 76.9 Å². The van der Waals surface area contributed by atoms with E-state index in [2.05, 4.69) is 16.3 Å². The summed E-state index contributed by atoms with van der Waals surface area (Å²) in [5.74, 6) is 2.99. The number of hydrogen-bond donors (Lipinski definition) is 0. The number of furan rings is 1. The molecule has 0 unspecified atom stereocenters. The Hall–Kier alpha value is -3.21. The van der Waals surface area contributed by atoms with Gasteiger partial charge in [-0.2, -0.15) is 5.26 Å². The molecule has 0 aliphatic heterocycles. The van der Waals surface area contributed by atoms with E-state index < -0.39 is 0 Å². The lowest BCUT2D eigenvalue weighted by Gasteiger charge is -2.09. The number of hydrogen-bond acceptors (Lipinski definition) is 6. The van der Waals surface area contributed by atoms with Crippen molar-refractivity contribution in [3.05, 3.63) is 83.3 Å². The number of thioether (sulfide) groups is 1. The summed E-state index contributed by atoms with van der Waals surface area (Å²) in [7, 11) is 0. The van der Waals surface area contributed by atoms with Crippen molar-refractivity contribution in [3.63, 3.8) is 0 Å². The van der Waals surface area contributed by atoms with Gasteiger partial charge < -0.3 is 9.15 Å². The van der Waals surface area contributed by atoms with Crippen molar-refractivity contribution in [2.24, 2.45) is 0 Å². The minimum Gasteiger partial charge on any atom is -0.493 e. The summed E-state index contributed by atoms with van der Waals surface area (Å²) in [5, 5.41) is 19.1. The highest BCUT2D eigenvalue weighted by atomic mass is 35.5. The van der Waals surface area contributed by atoms with Crippen LogP contribution < -0.4 is 4.74 Å². The van der Waals surface area contributed by atoms with Crippen molar-refractivity contribution in [2.75, 3.05) is 12.4 Å². The Labute approximate surface area is 183 Å². The van der Waals surface area contributed by atoms with Gasteiger partial charge in [-0.3, -0.25) is 4.57 Å². The molecule has 150 valence electrons. The van der Waals surface area contributed by atoms with E-state index in [1.807, 2.05) is 41.0 Å². The van der Waals surface area contributed by atoms with E-state index in [0.717, 1.165) is 28.1 Å². The highest BCUT2D eigenvalue weighted by molar-refractivity contribution is 7.99. The van der Waals surface area contributed by atoms with Crippen molar-refractivity contribution in [1.82, 2.24) is 14.8 Å². The van der Waals surface area contributed by atoms with Crippen LogP contribution in [0.25, 0.3) is 11.4 Å². The first-order chi connectivity index (χ1) is 14.7. The van der Waals surface area contributed by atoms with E-state index in [4.69, 9.17) is 26.0 Å². The first kappa shape index (κ1) is 20.1. The van der Waals surface area contributed by atoms with E-state index in [-0.39, 0.29) is 0 Å². The molecule has 0 amide bonds. The maximum absolute atomic E-state index is 8.86. The Morgan fingerprint density at radius 2 is 1.87 bits per heavy atom. The Morgan fingerprint density at radius 3 is 2.57 bits per heavy atom. The van der Waals surface area contributed by atoms with Crippen molar-refractivity contribution >= 4 is 23.4 Å². The van der Waals surface area contributed by atoms with Gasteiger partial charge in [0, 0.05) is 16.3 Å². The molecule has 0 saturated heterocycles. The van der Waals surface area contributed by atoms with Crippen molar-refractivity contribution in [1.29, 1.82) is 5.26 Å². The van der Waals surface area contributed by atoms with Crippen LogP contribution in [0.3, 0.4) is 0 Å². The molecule has 4 rings (SSSR count). The Kier molecular flexibility index (Phi) is 6.38. The molecule has 0 aliphatic rings. The van der Waals surface area contributed by atoms with Crippen molar-refractivity contribution in [2.45, 2.75) is 11.7 Å². The minimum atomic E-state index is 0.500. The van der Waals surface area contributed by atoms with Crippen LogP contribution in [0.2, 0.25) is 5.02 Å². The lowest BCUT2D eigenvalue weighted by Crippen LogP contribution is -2.05. The van der Waals surface area contributed by atoms with Gasteiger partial charge in [0.1, 0.15) is 11.5 Å². The molecular formula is C22H17ClN4O2S. The van der Waals surface area contributed by atoms with Crippen LogP contribution in [0.5, 0.6) is 5.75 Å². The fraction of sp³-hybridized carbons (Fsp3) is 0.136. The lowest BCUT2D eigenvalue weighted by atomic mass is 10.2.